The molecule has 2 aromatic heterocycles. The Morgan fingerprint density at radius 2 is 2.43 bits per heavy atom. The van der Waals surface area contributed by atoms with Gasteiger partial charge in [-0.3, -0.25) is 4.79 Å². The first-order chi connectivity index (χ1) is 6.68. The van der Waals surface area contributed by atoms with Crippen LogP contribution in [0.25, 0.3) is 5.65 Å². The fraction of sp³-hybridized carbons (Fsp3) is 0.222. The van der Waals surface area contributed by atoms with Crippen molar-refractivity contribution < 1.29 is 4.79 Å². The fourth-order valence-electron chi connectivity index (χ4n) is 1.18. The molecule has 0 amide bonds. The summed E-state index contributed by atoms with van der Waals surface area (Å²) in [6.07, 6.45) is 3.39. The topological polar surface area (TPSA) is 73.3 Å². The van der Waals surface area contributed by atoms with E-state index in [1.54, 1.807) is 36.0 Å². The second-order valence-electron chi connectivity index (χ2n) is 3.10. The van der Waals surface area contributed by atoms with Gasteiger partial charge in [0.15, 0.2) is 11.4 Å². The molecule has 0 saturated carbocycles. The highest BCUT2D eigenvalue weighted by Gasteiger charge is 2.14. The van der Waals surface area contributed by atoms with Crippen molar-refractivity contribution in [2.24, 2.45) is 5.73 Å². The van der Waals surface area contributed by atoms with E-state index in [-0.39, 0.29) is 5.78 Å². The van der Waals surface area contributed by atoms with Gasteiger partial charge in [0.05, 0.1) is 6.04 Å². The molecule has 2 aromatic rings. The largest absolute Gasteiger partial charge is 0.321 e. The summed E-state index contributed by atoms with van der Waals surface area (Å²) >= 11 is 0. The van der Waals surface area contributed by atoms with Crippen molar-refractivity contribution in [2.45, 2.75) is 13.0 Å². The summed E-state index contributed by atoms with van der Waals surface area (Å²) in [4.78, 5) is 15.5. The van der Waals surface area contributed by atoms with Crippen LogP contribution < -0.4 is 5.73 Å². The van der Waals surface area contributed by atoms with E-state index in [4.69, 9.17) is 5.73 Å². The summed E-state index contributed by atoms with van der Waals surface area (Å²) in [7, 11) is 0. The minimum absolute atomic E-state index is 0.171. The van der Waals surface area contributed by atoms with E-state index in [9.17, 15) is 4.79 Å². The Hall–Kier alpha value is -1.75. The monoisotopic (exact) mass is 190 g/mol. The second kappa shape index (κ2) is 3.19. The molecule has 1 unspecified atom stereocenters. The normalized spacial score (nSPS) is 13.0. The number of carbonyl (C=O) groups is 1. The highest BCUT2D eigenvalue weighted by atomic mass is 16.1. The third-order valence-electron chi connectivity index (χ3n) is 1.90. The molecule has 5 nitrogen and oxygen atoms in total. The number of nitrogens with zero attached hydrogens (tertiary/aromatic N) is 3. The molecule has 1 atom stereocenters. The number of nitrogens with two attached hydrogens (primary N) is 1. The zero-order valence-corrected chi connectivity index (χ0v) is 7.71. The molecule has 0 aliphatic carbocycles. The number of Topliss-reactive ketones (excluding diaryl/α,β-unsaturated/α-hetero) is 1. The second-order valence-corrected chi connectivity index (χ2v) is 3.10. The molecule has 2 rings (SSSR count). The minimum atomic E-state index is -0.528. The van der Waals surface area contributed by atoms with E-state index in [1.807, 2.05) is 0 Å². The summed E-state index contributed by atoms with van der Waals surface area (Å²) in [6, 6.07) is 2.85. The van der Waals surface area contributed by atoms with Crippen LogP contribution in [0.3, 0.4) is 0 Å². The van der Waals surface area contributed by atoms with E-state index in [1.165, 1.54) is 0 Å². The fourth-order valence-corrected chi connectivity index (χ4v) is 1.18. The predicted molar refractivity (Wildman–Crippen MR) is 51.0 cm³/mol. The molecular formula is C9H10N4O. The van der Waals surface area contributed by atoms with Crippen molar-refractivity contribution in [3.63, 3.8) is 0 Å². The van der Waals surface area contributed by atoms with E-state index in [2.05, 4.69) is 10.1 Å². The van der Waals surface area contributed by atoms with Gasteiger partial charge in [-0.2, -0.15) is 5.10 Å². The maximum absolute atomic E-state index is 11.5. The minimum Gasteiger partial charge on any atom is -0.321 e. The smallest absolute Gasteiger partial charge is 0.199 e. The van der Waals surface area contributed by atoms with Gasteiger partial charge in [-0.1, -0.05) is 0 Å². The molecule has 2 N–H and O–H groups in total. The number of carbonyl (C=O) groups excluding carboxylic acids is 1. The Balaban J connectivity index is 2.50. The lowest BCUT2D eigenvalue weighted by Gasteiger charge is -1.97. The van der Waals surface area contributed by atoms with Crippen molar-refractivity contribution in [3.8, 4) is 0 Å². The quantitative estimate of drug-likeness (QED) is 0.689. The number of aromatic nitrogens is 3. The van der Waals surface area contributed by atoms with E-state index >= 15 is 0 Å². The zero-order chi connectivity index (χ0) is 10.1. The summed E-state index contributed by atoms with van der Waals surface area (Å²) in [5, 5.41) is 4.06. The number of fused-ring (bicyclic) bond motifs is 1. The average molecular weight is 190 g/mol. The maximum atomic E-state index is 11.5. The van der Waals surface area contributed by atoms with Crippen LogP contribution in [0.2, 0.25) is 0 Å². The highest BCUT2D eigenvalue weighted by molar-refractivity contribution is 5.98. The Morgan fingerprint density at radius 3 is 3.07 bits per heavy atom. The van der Waals surface area contributed by atoms with Crippen molar-refractivity contribution in [3.05, 3.63) is 30.2 Å². The molecule has 72 valence electrons. The van der Waals surface area contributed by atoms with Gasteiger partial charge in [-0.05, 0) is 13.0 Å². The molecule has 5 heteroatoms. The summed E-state index contributed by atoms with van der Waals surface area (Å²) in [6.45, 7) is 1.64. The van der Waals surface area contributed by atoms with Gasteiger partial charge >= 0.3 is 0 Å². The zero-order valence-electron chi connectivity index (χ0n) is 7.71. The Morgan fingerprint density at radius 1 is 1.64 bits per heavy atom. The third kappa shape index (κ3) is 1.38. The van der Waals surface area contributed by atoms with Crippen molar-refractivity contribution in [1.82, 2.24) is 14.6 Å². The number of ketones is 1. The molecule has 0 fully saturated rings. The molecule has 0 bridgehead atoms. The average Bonchev–Trinajstić information content (AvgIpc) is 2.59. The molecular weight excluding hydrogens is 180 g/mol. The van der Waals surface area contributed by atoms with Gasteiger partial charge < -0.3 is 5.73 Å². The molecule has 0 spiro atoms. The van der Waals surface area contributed by atoms with Crippen LogP contribution in [-0.4, -0.2) is 26.4 Å². The SMILES string of the molecule is CC(N)C(=O)c1cc2ncccn2n1. The van der Waals surface area contributed by atoms with Crippen LogP contribution in [0.15, 0.2) is 24.5 Å². The molecule has 0 aliphatic heterocycles. The molecule has 0 radical (unpaired) electrons. The standard InChI is InChI=1S/C9H10N4O/c1-6(10)9(14)7-5-8-11-3-2-4-13(8)12-7/h2-6H,10H2,1H3. The first-order valence-electron chi connectivity index (χ1n) is 4.28. The molecule has 14 heavy (non-hydrogen) atoms. The first-order valence-corrected chi connectivity index (χ1v) is 4.28. The first kappa shape index (κ1) is 8.83. The molecule has 0 aliphatic rings. The van der Waals surface area contributed by atoms with E-state index in [0.29, 0.717) is 11.3 Å². The van der Waals surface area contributed by atoms with Crippen LogP contribution in [0.1, 0.15) is 17.4 Å². The number of hydrogen-bond donors (Lipinski definition) is 1. The van der Waals surface area contributed by atoms with Gasteiger partial charge in [0, 0.05) is 18.5 Å². The van der Waals surface area contributed by atoms with Gasteiger partial charge in [-0.25, -0.2) is 9.50 Å². The number of rotatable bonds is 2. The lowest BCUT2D eigenvalue weighted by Crippen LogP contribution is -2.26. The maximum Gasteiger partial charge on any atom is 0.199 e. The van der Waals surface area contributed by atoms with E-state index in [0.717, 1.165) is 0 Å². The summed E-state index contributed by atoms with van der Waals surface area (Å²) < 4.78 is 1.55. The van der Waals surface area contributed by atoms with Crippen molar-refractivity contribution in [1.29, 1.82) is 0 Å². The molecule has 0 saturated heterocycles. The Labute approximate surface area is 80.6 Å². The van der Waals surface area contributed by atoms with Crippen LogP contribution in [0.4, 0.5) is 0 Å². The van der Waals surface area contributed by atoms with Crippen LogP contribution in [0.5, 0.6) is 0 Å². The number of hydrogen-bond acceptors (Lipinski definition) is 4. The summed E-state index contributed by atoms with van der Waals surface area (Å²) in [5.41, 5.74) is 6.48. The Kier molecular flexibility index (Phi) is 2.01. The summed E-state index contributed by atoms with van der Waals surface area (Å²) in [5.74, 6) is -0.171. The molecule has 2 heterocycles. The predicted octanol–water partition coefficient (Wildman–Crippen LogP) is 0.259. The van der Waals surface area contributed by atoms with Gasteiger partial charge in [-0.15, -0.1) is 0 Å². The molecule has 0 aromatic carbocycles. The lowest BCUT2D eigenvalue weighted by molar-refractivity contribution is 0.0963. The van der Waals surface area contributed by atoms with E-state index < -0.39 is 6.04 Å². The van der Waals surface area contributed by atoms with Crippen LogP contribution in [-0.2, 0) is 0 Å². The lowest BCUT2D eigenvalue weighted by atomic mass is 10.2. The van der Waals surface area contributed by atoms with Gasteiger partial charge in [0.1, 0.15) is 5.69 Å². The van der Waals surface area contributed by atoms with Crippen molar-refractivity contribution >= 4 is 11.4 Å². The Bertz CT molecular complexity index is 441. The van der Waals surface area contributed by atoms with Crippen molar-refractivity contribution in [2.75, 3.05) is 0 Å². The van der Waals surface area contributed by atoms with Crippen LogP contribution >= 0.6 is 0 Å². The van der Waals surface area contributed by atoms with Gasteiger partial charge in [0.2, 0.25) is 0 Å². The highest BCUT2D eigenvalue weighted by Crippen LogP contribution is 2.04. The third-order valence-corrected chi connectivity index (χ3v) is 1.90. The van der Waals surface area contributed by atoms with Crippen LogP contribution in [0, 0.1) is 0 Å². The van der Waals surface area contributed by atoms with Gasteiger partial charge in [0.25, 0.3) is 0 Å².